The van der Waals surface area contributed by atoms with Crippen LogP contribution in [0.1, 0.15) is 48.9 Å². The largest absolute Gasteiger partial charge is 0.357 e. The second kappa shape index (κ2) is 5.56. The first-order chi connectivity index (χ1) is 12.3. The van der Waals surface area contributed by atoms with Crippen LogP contribution in [0.4, 0.5) is 0 Å². The monoisotopic (exact) mass is 202 g/mol. The lowest BCUT2D eigenvalue weighted by atomic mass is 10.0. The minimum Gasteiger partial charge on any atom is -0.357 e. The van der Waals surface area contributed by atoms with Gasteiger partial charge in [-0.25, -0.2) is 0 Å². The molecule has 4 nitrogen and oxygen atoms in total. The van der Waals surface area contributed by atoms with Gasteiger partial charge in [0.25, 0.3) is 0 Å². The lowest BCUT2D eigenvalue weighted by Crippen LogP contribution is -2.45. The SMILES string of the molecule is [2H]C([2H])([2H])NC(=O)C([2H])(NC(=O)C([2H])([2H])[2H])C([2H])([2H])C([2H])(C([2H])([2H])[2H])C([2H])([2H])[2H]. The molecule has 2 N–H and O–H groups in total. The molecule has 0 aromatic heterocycles. The van der Waals surface area contributed by atoms with Crippen LogP contribution in [0.25, 0.3) is 0 Å². The van der Waals surface area contributed by atoms with Crippen molar-refractivity contribution in [3.63, 3.8) is 0 Å². The quantitative estimate of drug-likeness (QED) is 0.688. The van der Waals surface area contributed by atoms with E-state index in [1.165, 1.54) is 0 Å². The summed E-state index contributed by atoms with van der Waals surface area (Å²) in [6.45, 7) is -15.1. The summed E-state index contributed by atoms with van der Waals surface area (Å²) < 4.78 is 117. The van der Waals surface area contributed by atoms with Crippen LogP contribution in [-0.4, -0.2) is 24.8 Å². The van der Waals surface area contributed by atoms with E-state index in [4.69, 9.17) is 21.9 Å². The molecule has 76 valence electrons. The highest BCUT2D eigenvalue weighted by Gasteiger charge is 2.18. The van der Waals surface area contributed by atoms with Crippen molar-refractivity contribution in [2.24, 2.45) is 5.89 Å². The van der Waals surface area contributed by atoms with Gasteiger partial charge in [-0.15, -0.1) is 0 Å². The molecule has 0 heterocycles. The Kier molecular flexibility index (Phi) is 0.842. The normalized spacial score (nSPS) is 38.8. The maximum Gasteiger partial charge on any atom is 0.242 e. The fraction of sp³-hybridized carbons (Fsp3) is 0.778. The van der Waals surface area contributed by atoms with Gasteiger partial charge in [-0.1, -0.05) is 13.7 Å². The second-order valence-corrected chi connectivity index (χ2v) is 1.78. The third-order valence-electron chi connectivity index (χ3n) is 0.829. The third-order valence-corrected chi connectivity index (χ3v) is 0.829. The minimum absolute atomic E-state index is 1.05. The molecular weight excluding hydrogens is 168 g/mol. The highest BCUT2D eigenvalue weighted by atomic mass is 16.2. The molecule has 0 bridgehead atoms. The van der Waals surface area contributed by atoms with Crippen LogP contribution < -0.4 is 10.6 Å². The number of hydrogen-bond donors (Lipinski definition) is 2. The molecule has 0 saturated carbocycles. The van der Waals surface area contributed by atoms with E-state index in [0.29, 0.717) is 0 Å². The van der Waals surface area contributed by atoms with Crippen LogP contribution in [0.3, 0.4) is 0 Å². The molecule has 0 saturated heterocycles. The Morgan fingerprint density at radius 3 is 2.92 bits per heavy atom. The van der Waals surface area contributed by atoms with E-state index in [0.717, 1.165) is 10.6 Å². The van der Waals surface area contributed by atoms with Crippen LogP contribution in [0.5, 0.6) is 0 Å². The Bertz CT molecular complexity index is 629. The number of carbonyl (C=O) groups is 2. The summed E-state index contributed by atoms with van der Waals surface area (Å²) in [7, 11) is 0. The van der Waals surface area contributed by atoms with Crippen molar-refractivity contribution in [3.05, 3.63) is 0 Å². The summed E-state index contributed by atoms with van der Waals surface area (Å²) >= 11 is 0. The van der Waals surface area contributed by atoms with E-state index in [1.807, 2.05) is 0 Å². The molecule has 13 heavy (non-hydrogen) atoms. The van der Waals surface area contributed by atoms with Gasteiger partial charge in [0.05, 0.1) is 1.37 Å². The predicted molar refractivity (Wildman–Crippen MR) is 51.1 cm³/mol. The van der Waals surface area contributed by atoms with E-state index >= 15 is 0 Å². The van der Waals surface area contributed by atoms with Gasteiger partial charge in [0.2, 0.25) is 11.8 Å². The zero-order valence-electron chi connectivity index (χ0n) is 22.3. The molecule has 0 aromatic rings. The zero-order chi connectivity index (χ0) is 24.1. The first-order valence-corrected chi connectivity index (χ1v) is 2.91. The highest BCUT2D eigenvalue weighted by Crippen LogP contribution is 2.04. The van der Waals surface area contributed by atoms with Crippen molar-refractivity contribution in [3.8, 4) is 0 Å². The van der Waals surface area contributed by atoms with E-state index < -0.39 is 57.6 Å². The lowest BCUT2D eigenvalue weighted by Gasteiger charge is -2.17. The van der Waals surface area contributed by atoms with Gasteiger partial charge in [0, 0.05) is 34.4 Å². The topological polar surface area (TPSA) is 58.2 Å². The maximum atomic E-state index is 12.3. The number of nitrogens with one attached hydrogen (secondary N) is 2. The molecule has 0 aliphatic heterocycles. The third kappa shape index (κ3) is 5.22. The number of amides is 2. The Morgan fingerprint density at radius 1 is 1.62 bits per heavy atom. The second-order valence-electron chi connectivity index (χ2n) is 1.78. The summed E-state index contributed by atoms with van der Waals surface area (Å²) in [6, 6.07) is -4.16. The van der Waals surface area contributed by atoms with E-state index in [1.54, 1.807) is 0 Å². The van der Waals surface area contributed by atoms with E-state index in [-0.39, 0.29) is 0 Å². The fourth-order valence-electron chi connectivity index (χ4n) is 0.446. The Hall–Kier alpha value is -1.06. The van der Waals surface area contributed by atoms with Crippen molar-refractivity contribution in [1.82, 2.24) is 10.6 Å². The Morgan fingerprint density at radius 2 is 2.38 bits per heavy atom. The average Bonchev–Trinajstić information content (AvgIpc) is 2.40. The molecule has 0 aliphatic carbocycles. The van der Waals surface area contributed by atoms with Crippen molar-refractivity contribution in [1.29, 1.82) is 0 Å². The Balaban J connectivity index is 6.93. The van der Waals surface area contributed by atoms with Gasteiger partial charge >= 0.3 is 0 Å². The summed E-state index contributed by atoms with van der Waals surface area (Å²) in [4.78, 5) is 24.1. The van der Waals surface area contributed by atoms with Gasteiger partial charge in [0.15, 0.2) is 0 Å². The first-order valence-electron chi connectivity index (χ1n) is 10.9. The minimum atomic E-state index is -4.37. The fourth-order valence-corrected chi connectivity index (χ4v) is 0.446. The van der Waals surface area contributed by atoms with E-state index in [2.05, 4.69) is 0 Å². The zero-order valence-corrected chi connectivity index (χ0v) is 6.32. The molecule has 1 atom stereocenters. The number of likely N-dealkylation sites (N-methyl/N-ethyl adjacent to an activating group) is 1. The molecule has 0 fully saturated rings. The van der Waals surface area contributed by atoms with Gasteiger partial charge in [-0.2, -0.15) is 0 Å². The maximum absolute atomic E-state index is 12.3. The van der Waals surface area contributed by atoms with Gasteiger partial charge in [-0.05, 0) is 12.3 Å². The van der Waals surface area contributed by atoms with Crippen LogP contribution >= 0.6 is 0 Å². The molecule has 0 rings (SSSR count). The van der Waals surface area contributed by atoms with Crippen LogP contribution in [-0.2, 0) is 9.59 Å². The standard InChI is InChI=1S/C9H18N2O2/c1-6(2)5-8(9(13)10-4)11-7(3)12/h6,8H,5H2,1-4H3,(H,10,13)(H,11,12)/i1D3,2D3,3D3,4D3,5D2,6D,8D. The summed E-state index contributed by atoms with van der Waals surface area (Å²) in [5.74, 6) is -8.75. The number of rotatable bonds is 4. The molecule has 0 aromatic carbocycles. The van der Waals surface area contributed by atoms with Gasteiger partial charge in [-0.3, -0.25) is 9.59 Å². The van der Waals surface area contributed by atoms with Crippen molar-refractivity contribution < 1.29 is 31.5 Å². The molecule has 2 amide bonds. The van der Waals surface area contributed by atoms with Gasteiger partial charge < -0.3 is 10.6 Å². The van der Waals surface area contributed by atoms with E-state index in [9.17, 15) is 9.59 Å². The summed E-state index contributed by atoms with van der Waals surface area (Å²) in [5, 5.41) is 2.14. The van der Waals surface area contributed by atoms with Crippen LogP contribution in [0.2, 0.25) is 0 Å². The predicted octanol–water partition coefficient (Wildman–Crippen LogP) is 0.283. The highest BCUT2D eigenvalue weighted by molar-refractivity contribution is 5.86. The van der Waals surface area contributed by atoms with Crippen LogP contribution in [0.15, 0.2) is 0 Å². The van der Waals surface area contributed by atoms with Crippen molar-refractivity contribution in [2.45, 2.75) is 32.9 Å². The van der Waals surface area contributed by atoms with Gasteiger partial charge in [0.1, 0.15) is 6.02 Å². The lowest BCUT2D eigenvalue weighted by molar-refractivity contribution is -0.128. The molecule has 0 radical (unpaired) electrons. The summed E-state index contributed by atoms with van der Waals surface area (Å²) in [5.41, 5.74) is 0. The summed E-state index contributed by atoms with van der Waals surface area (Å²) in [6.07, 6.45) is -4.37. The van der Waals surface area contributed by atoms with Crippen molar-refractivity contribution >= 4 is 11.8 Å². The number of hydrogen-bond acceptors (Lipinski definition) is 2. The molecule has 1 unspecified atom stereocenters. The molecule has 0 aliphatic rings. The molecular formula is C9H18N2O2. The number of carbonyl (C=O) groups excluding carboxylic acids is 2. The van der Waals surface area contributed by atoms with Crippen LogP contribution in [0, 0.1) is 5.89 Å². The average molecular weight is 202 g/mol. The molecule has 4 heteroatoms. The smallest absolute Gasteiger partial charge is 0.242 e. The molecule has 0 spiro atoms. The Labute approximate surface area is 102 Å². The van der Waals surface area contributed by atoms with Crippen molar-refractivity contribution in [2.75, 3.05) is 6.98 Å². The first kappa shape index (κ1) is 1.97.